The van der Waals surface area contributed by atoms with Gasteiger partial charge in [-0.05, 0) is 124 Å². The molecular weight excluding hydrogens is 880 g/mol. The maximum Gasteiger partial charge on any atom is 0.301 e. The lowest BCUT2D eigenvalue weighted by Gasteiger charge is -2.49. The number of alkyl halides is 2. The number of hydrogen-bond acceptors (Lipinski definition) is 12. The zero-order chi connectivity index (χ0) is 46.4. The summed E-state index contributed by atoms with van der Waals surface area (Å²) in [6.45, 7) is 8.59. The van der Waals surface area contributed by atoms with Gasteiger partial charge in [0.2, 0.25) is 23.5 Å². The van der Waals surface area contributed by atoms with Crippen molar-refractivity contribution in [3.63, 3.8) is 0 Å². The second-order valence-corrected chi connectivity index (χ2v) is 21.0. The molecule has 1 aliphatic carbocycles. The number of hydrogen-bond donors (Lipinski definition) is 3. The molecule has 0 bridgehead atoms. The summed E-state index contributed by atoms with van der Waals surface area (Å²) in [5.74, 6) is -3.24. The Labute approximate surface area is 392 Å². The fraction of sp³-hybridized carbons (Fsp3) is 0.551. The Bertz CT molecular complexity index is 2840. The number of benzene rings is 2. The predicted molar refractivity (Wildman–Crippen MR) is 255 cm³/mol. The van der Waals surface area contributed by atoms with Crippen LogP contribution in [0.2, 0.25) is 5.02 Å². The molecule has 11 rings (SSSR count). The van der Waals surface area contributed by atoms with E-state index < -0.39 is 30.0 Å². The van der Waals surface area contributed by atoms with E-state index in [4.69, 9.17) is 26.4 Å². The number of fused-ring (bicyclic) bond motifs is 4. The molecule has 2 unspecified atom stereocenters. The summed E-state index contributed by atoms with van der Waals surface area (Å²) in [6, 6.07) is 10.8. The predicted octanol–water partition coefficient (Wildman–Crippen LogP) is 7.34. The Balaban J connectivity index is 0.695. The van der Waals surface area contributed by atoms with E-state index in [2.05, 4.69) is 60.8 Å². The van der Waals surface area contributed by atoms with Gasteiger partial charge in [-0.2, -0.15) is 10.1 Å². The number of pyridine rings is 1. The van der Waals surface area contributed by atoms with Crippen LogP contribution >= 0.6 is 11.6 Å². The van der Waals surface area contributed by atoms with E-state index in [1.54, 1.807) is 19.3 Å². The average Bonchev–Trinajstić information content (AvgIpc) is 4.12. The standard InChI is InChI=1S/C49H58ClF2N11O4/c1-47(12-20-62(21-13-47)31-7-8-32-37(25-31)60(3)58-39(32)33-9-11-38(64)55-44(33)65)27-61-18-14-48(15-19-61)16-22-63(23-17-48)46-53-26-35(50)43(57-46)54-30-6-10-36-34(24-30)40-41(45(66)59(36)2)67-28-49(51,52)42(56-40)29-4-5-29/h6-8,10,24-26,29,33,42,56H,4-5,9,11-23,27-28H2,1-3H3,(H,53,54,57)(H,55,64,65). The number of anilines is 5. The van der Waals surface area contributed by atoms with Crippen molar-refractivity contribution in [3.8, 4) is 5.75 Å². The first-order valence-corrected chi connectivity index (χ1v) is 24.3. The number of nitrogens with zero attached hydrogens (tertiary/aromatic N) is 8. The van der Waals surface area contributed by atoms with Crippen molar-refractivity contribution < 1.29 is 23.1 Å². The van der Waals surface area contributed by atoms with Gasteiger partial charge in [0.05, 0.1) is 40.6 Å². The summed E-state index contributed by atoms with van der Waals surface area (Å²) >= 11 is 6.68. The molecule has 2 atom stereocenters. The van der Waals surface area contributed by atoms with Crippen molar-refractivity contribution in [2.45, 2.75) is 89.0 Å². The van der Waals surface area contributed by atoms with Crippen molar-refractivity contribution >= 4 is 74.0 Å². The Morgan fingerprint density at radius 1 is 0.881 bits per heavy atom. The van der Waals surface area contributed by atoms with E-state index in [1.807, 2.05) is 23.9 Å². The minimum atomic E-state index is -3.13. The zero-order valence-corrected chi connectivity index (χ0v) is 39.1. The smallest absolute Gasteiger partial charge is 0.301 e. The first kappa shape index (κ1) is 44.0. The highest BCUT2D eigenvalue weighted by molar-refractivity contribution is 6.33. The van der Waals surface area contributed by atoms with Crippen LogP contribution < -0.4 is 36.0 Å². The summed E-state index contributed by atoms with van der Waals surface area (Å²) in [7, 11) is 3.54. The van der Waals surface area contributed by atoms with Crippen molar-refractivity contribution in [3.05, 3.63) is 63.7 Å². The van der Waals surface area contributed by atoms with E-state index in [0.717, 1.165) is 88.1 Å². The number of halogens is 3. The molecule has 15 nitrogen and oxygen atoms in total. The zero-order valence-electron chi connectivity index (χ0n) is 38.3. The fourth-order valence-electron chi connectivity index (χ4n) is 11.6. The molecular formula is C49H58ClF2N11O4. The molecule has 3 aromatic heterocycles. The van der Waals surface area contributed by atoms with Gasteiger partial charge in [-0.15, -0.1) is 0 Å². The number of rotatable bonds is 8. The largest absolute Gasteiger partial charge is 0.480 e. The molecule has 8 heterocycles. The van der Waals surface area contributed by atoms with E-state index in [0.29, 0.717) is 64.5 Å². The maximum absolute atomic E-state index is 15.2. The van der Waals surface area contributed by atoms with Gasteiger partial charge in [0.1, 0.15) is 5.02 Å². The third-order valence-corrected chi connectivity index (χ3v) is 16.3. The van der Waals surface area contributed by atoms with Crippen molar-refractivity contribution in [2.24, 2.45) is 30.8 Å². The van der Waals surface area contributed by atoms with E-state index >= 15 is 8.78 Å². The maximum atomic E-state index is 15.2. The van der Waals surface area contributed by atoms with Gasteiger partial charge in [-0.3, -0.25) is 24.4 Å². The minimum Gasteiger partial charge on any atom is -0.480 e. The first-order chi connectivity index (χ1) is 32.1. The summed E-state index contributed by atoms with van der Waals surface area (Å²) in [4.78, 5) is 54.6. The summed E-state index contributed by atoms with van der Waals surface area (Å²) in [5, 5.41) is 15.5. The molecule has 18 heteroatoms. The van der Waals surface area contributed by atoms with Crippen molar-refractivity contribution in [1.82, 2.24) is 34.5 Å². The Kier molecular flexibility index (Phi) is 10.9. The number of amides is 2. The number of imide groups is 1. The quantitative estimate of drug-likeness (QED) is 0.134. The molecule has 2 amide bonds. The number of ether oxygens (including phenoxy) is 1. The van der Waals surface area contributed by atoms with Gasteiger partial charge in [-0.25, -0.2) is 13.8 Å². The molecule has 5 aromatic rings. The minimum absolute atomic E-state index is 0.0973. The first-order valence-electron chi connectivity index (χ1n) is 23.9. The third kappa shape index (κ3) is 8.23. The molecule has 2 aromatic carbocycles. The highest BCUT2D eigenvalue weighted by Crippen LogP contribution is 2.47. The van der Waals surface area contributed by atoms with Crippen molar-refractivity contribution in [2.75, 3.05) is 72.9 Å². The molecule has 67 heavy (non-hydrogen) atoms. The Morgan fingerprint density at radius 2 is 1.61 bits per heavy atom. The molecule has 3 N–H and O–H groups in total. The van der Waals surface area contributed by atoms with Gasteiger partial charge < -0.3 is 34.6 Å². The summed E-state index contributed by atoms with van der Waals surface area (Å²) < 4.78 is 39.3. The number of likely N-dealkylation sites (tertiary alicyclic amines) is 1. The second kappa shape index (κ2) is 16.6. The molecule has 5 aliphatic heterocycles. The van der Waals surface area contributed by atoms with Crippen LogP contribution in [0.4, 0.5) is 37.6 Å². The topological polar surface area (TPSA) is 155 Å². The Hall–Kier alpha value is -5.55. The normalized spacial score (nSPS) is 24.0. The average molecular weight is 939 g/mol. The highest BCUT2D eigenvalue weighted by Gasteiger charge is 2.51. The summed E-state index contributed by atoms with van der Waals surface area (Å²) in [5.41, 5.74) is 4.51. The van der Waals surface area contributed by atoms with Crippen LogP contribution in [-0.4, -0.2) is 105 Å². The second-order valence-electron chi connectivity index (χ2n) is 20.6. The lowest BCUT2D eigenvalue weighted by molar-refractivity contribution is -0.134. The lowest BCUT2D eigenvalue weighted by atomic mass is 9.70. The fourth-order valence-corrected chi connectivity index (χ4v) is 11.7. The molecule has 1 saturated carbocycles. The number of carbonyl (C=O) groups is 2. The molecule has 4 saturated heterocycles. The number of nitrogens with one attached hydrogen (secondary N) is 3. The highest BCUT2D eigenvalue weighted by atomic mass is 35.5. The Morgan fingerprint density at radius 3 is 2.34 bits per heavy atom. The molecule has 6 aliphatic rings. The van der Waals surface area contributed by atoms with Crippen LogP contribution in [-0.2, 0) is 23.7 Å². The molecule has 0 radical (unpaired) electrons. The van der Waals surface area contributed by atoms with Gasteiger partial charge in [-0.1, -0.05) is 18.5 Å². The lowest BCUT2D eigenvalue weighted by Crippen LogP contribution is -2.50. The molecule has 354 valence electrons. The SMILES string of the molecule is Cn1nc(C2CCC(=O)NC2=O)c2ccc(N3CCC(C)(CN4CCC5(CC4)CCN(c4ncc(Cl)c(Nc6ccc7c(c6)c6c(c(=O)n7C)OCC(F)(F)C(C7CC7)N6)n4)CC5)CC3)cc21. The third-order valence-electron chi connectivity index (χ3n) is 16.0. The van der Waals surface area contributed by atoms with Crippen LogP contribution in [0.25, 0.3) is 21.8 Å². The summed E-state index contributed by atoms with van der Waals surface area (Å²) in [6.07, 6.45) is 10.6. The number of aromatic nitrogens is 5. The van der Waals surface area contributed by atoms with Crippen LogP contribution in [0.1, 0.15) is 82.7 Å². The van der Waals surface area contributed by atoms with Crippen molar-refractivity contribution in [1.29, 1.82) is 0 Å². The van der Waals surface area contributed by atoms with E-state index in [1.165, 1.54) is 23.1 Å². The molecule has 5 fully saturated rings. The molecule has 1 spiro atoms. The van der Waals surface area contributed by atoms with Gasteiger partial charge >= 0.3 is 5.92 Å². The van der Waals surface area contributed by atoms with Crippen LogP contribution in [0.5, 0.6) is 5.75 Å². The van der Waals surface area contributed by atoms with Crippen LogP contribution in [0.15, 0.2) is 47.4 Å². The van der Waals surface area contributed by atoms with E-state index in [-0.39, 0.29) is 34.6 Å². The van der Waals surface area contributed by atoms with Gasteiger partial charge in [0.15, 0.2) is 12.4 Å². The monoisotopic (exact) mass is 937 g/mol. The van der Waals surface area contributed by atoms with Crippen LogP contribution in [0, 0.1) is 16.7 Å². The number of piperidine rings is 4. The van der Waals surface area contributed by atoms with Gasteiger partial charge in [0, 0.05) is 75.4 Å². The van der Waals surface area contributed by atoms with E-state index in [9.17, 15) is 14.4 Å². The van der Waals surface area contributed by atoms with Gasteiger partial charge in [0.25, 0.3) is 5.56 Å². The number of aryl methyl sites for hydroxylation is 2. The van der Waals surface area contributed by atoms with Crippen LogP contribution in [0.3, 0.4) is 0 Å². The number of carbonyl (C=O) groups excluding carboxylic acids is 2.